The van der Waals surface area contributed by atoms with E-state index in [0.717, 1.165) is 34.9 Å². The zero-order chi connectivity index (χ0) is 20.5. The number of rotatable bonds is 4. The van der Waals surface area contributed by atoms with Crippen LogP contribution < -0.4 is 4.74 Å². The van der Waals surface area contributed by atoms with Gasteiger partial charge in [-0.3, -0.25) is 4.79 Å². The molecule has 0 bridgehead atoms. The van der Waals surface area contributed by atoms with Gasteiger partial charge in [-0.25, -0.2) is 0 Å². The number of carbonyl (C=O) groups excluding carboxylic acids is 1. The first-order valence-electron chi connectivity index (χ1n) is 10.0. The highest BCUT2D eigenvalue weighted by atomic mass is 16.5. The maximum Gasteiger partial charge on any atom is 0.254 e. The zero-order valence-corrected chi connectivity index (χ0v) is 16.6. The van der Waals surface area contributed by atoms with Gasteiger partial charge in [0, 0.05) is 17.7 Å². The Labute approximate surface area is 174 Å². The molecule has 1 atom stereocenters. The molecule has 1 aliphatic heterocycles. The van der Waals surface area contributed by atoms with Crippen LogP contribution in [0.2, 0.25) is 0 Å². The molecule has 4 aromatic rings. The Morgan fingerprint density at radius 3 is 2.80 bits per heavy atom. The highest BCUT2D eigenvalue weighted by molar-refractivity contribution is 5.98. The fourth-order valence-electron chi connectivity index (χ4n) is 4.00. The molecule has 1 aliphatic rings. The van der Waals surface area contributed by atoms with E-state index in [2.05, 4.69) is 10.1 Å². The molecule has 2 heterocycles. The van der Waals surface area contributed by atoms with Gasteiger partial charge in [0.05, 0.1) is 7.11 Å². The number of methoxy groups -OCH3 is 1. The maximum absolute atomic E-state index is 13.3. The van der Waals surface area contributed by atoms with Gasteiger partial charge < -0.3 is 14.2 Å². The first kappa shape index (κ1) is 18.4. The summed E-state index contributed by atoms with van der Waals surface area (Å²) in [7, 11) is 1.62. The Hall–Kier alpha value is -3.67. The van der Waals surface area contributed by atoms with Gasteiger partial charge in [-0.2, -0.15) is 4.98 Å². The first-order valence-corrected chi connectivity index (χ1v) is 10.0. The number of hydrogen-bond acceptors (Lipinski definition) is 5. The van der Waals surface area contributed by atoms with Crippen molar-refractivity contribution in [2.24, 2.45) is 0 Å². The number of likely N-dealkylation sites (tertiary alicyclic amines) is 1. The topological polar surface area (TPSA) is 68.5 Å². The molecule has 0 aliphatic carbocycles. The standard InChI is InChI=1S/C24H21N3O3/c1-29-20-9-4-8-18(15-20)22-25-23(30-26-22)21-10-5-13-27(21)24(28)19-12-11-16-6-2-3-7-17(16)14-19/h2-4,6-9,11-12,14-15,21H,5,10,13H2,1H3/t21-/m1/s1. The van der Waals surface area contributed by atoms with Crippen LogP contribution in [0.4, 0.5) is 0 Å². The number of aromatic nitrogens is 2. The van der Waals surface area contributed by atoms with Gasteiger partial charge in [0.2, 0.25) is 11.7 Å². The first-order chi connectivity index (χ1) is 14.7. The van der Waals surface area contributed by atoms with E-state index in [4.69, 9.17) is 9.26 Å². The van der Waals surface area contributed by atoms with E-state index >= 15 is 0 Å². The van der Waals surface area contributed by atoms with Gasteiger partial charge in [0.15, 0.2) is 0 Å². The quantitative estimate of drug-likeness (QED) is 0.489. The van der Waals surface area contributed by atoms with Crippen LogP contribution in [0.25, 0.3) is 22.2 Å². The van der Waals surface area contributed by atoms with Crippen molar-refractivity contribution >= 4 is 16.7 Å². The third kappa shape index (κ3) is 3.30. The third-order valence-electron chi connectivity index (χ3n) is 5.56. The summed E-state index contributed by atoms with van der Waals surface area (Å²) in [6.07, 6.45) is 1.71. The average molecular weight is 399 g/mol. The van der Waals surface area contributed by atoms with Gasteiger partial charge in [-0.1, -0.05) is 47.6 Å². The second-order valence-electron chi connectivity index (χ2n) is 7.41. The van der Waals surface area contributed by atoms with Crippen LogP contribution in [0.1, 0.15) is 35.1 Å². The zero-order valence-electron chi connectivity index (χ0n) is 16.6. The smallest absolute Gasteiger partial charge is 0.254 e. The SMILES string of the molecule is COc1cccc(-c2noc([C@H]3CCCN3C(=O)c3ccc4ccccc4c3)n2)c1. The van der Waals surface area contributed by atoms with Gasteiger partial charge in [-0.05, 0) is 47.9 Å². The summed E-state index contributed by atoms with van der Waals surface area (Å²) in [5.41, 5.74) is 1.49. The molecule has 0 spiro atoms. The lowest BCUT2D eigenvalue weighted by Gasteiger charge is -2.22. The summed E-state index contributed by atoms with van der Waals surface area (Å²) in [6, 6.07) is 21.2. The van der Waals surface area contributed by atoms with E-state index < -0.39 is 0 Å². The lowest BCUT2D eigenvalue weighted by atomic mass is 10.1. The van der Waals surface area contributed by atoms with Crippen molar-refractivity contribution in [3.05, 3.63) is 78.2 Å². The second-order valence-corrected chi connectivity index (χ2v) is 7.41. The molecule has 0 unspecified atom stereocenters. The van der Waals surface area contributed by atoms with Gasteiger partial charge in [-0.15, -0.1) is 0 Å². The number of amides is 1. The summed E-state index contributed by atoms with van der Waals surface area (Å²) < 4.78 is 10.8. The summed E-state index contributed by atoms with van der Waals surface area (Å²) in [5.74, 6) is 1.69. The van der Waals surface area contributed by atoms with Crippen LogP contribution in [0.15, 0.2) is 71.3 Å². The summed E-state index contributed by atoms with van der Waals surface area (Å²) in [6.45, 7) is 0.674. The van der Waals surface area contributed by atoms with Crippen LogP contribution >= 0.6 is 0 Å². The largest absolute Gasteiger partial charge is 0.497 e. The molecule has 5 rings (SSSR count). The van der Waals surface area contributed by atoms with E-state index in [-0.39, 0.29) is 11.9 Å². The lowest BCUT2D eigenvalue weighted by molar-refractivity contribution is 0.0710. The highest BCUT2D eigenvalue weighted by Crippen LogP contribution is 2.34. The van der Waals surface area contributed by atoms with Crippen LogP contribution in [-0.4, -0.2) is 34.6 Å². The Balaban J connectivity index is 1.42. The molecule has 3 aromatic carbocycles. The van der Waals surface area contributed by atoms with Gasteiger partial charge >= 0.3 is 0 Å². The van der Waals surface area contributed by atoms with E-state index in [1.165, 1.54) is 0 Å². The Morgan fingerprint density at radius 1 is 1.07 bits per heavy atom. The minimum absolute atomic E-state index is 0.00983. The Bertz CT molecular complexity index is 1220. The maximum atomic E-state index is 13.3. The number of carbonyl (C=O) groups is 1. The van der Waals surface area contributed by atoms with Crippen molar-refractivity contribution in [1.82, 2.24) is 15.0 Å². The predicted octanol–water partition coefficient (Wildman–Crippen LogP) is 4.88. The second kappa shape index (κ2) is 7.63. The normalized spacial score (nSPS) is 16.2. The number of hydrogen-bond donors (Lipinski definition) is 0. The third-order valence-corrected chi connectivity index (χ3v) is 5.56. The number of ether oxygens (including phenoxy) is 1. The summed E-state index contributed by atoms with van der Waals surface area (Å²) in [4.78, 5) is 19.7. The van der Waals surface area contributed by atoms with Crippen molar-refractivity contribution in [3.8, 4) is 17.1 Å². The molecule has 1 aromatic heterocycles. The molecule has 1 fully saturated rings. The van der Waals surface area contributed by atoms with Crippen LogP contribution in [0.5, 0.6) is 5.75 Å². The molecule has 0 N–H and O–H groups in total. The van der Waals surface area contributed by atoms with Crippen LogP contribution in [-0.2, 0) is 0 Å². The van der Waals surface area contributed by atoms with Gasteiger partial charge in [0.1, 0.15) is 11.8 Å². The van der Waals surface area contributed by atoms with E-state index in [1.54, 1.807) is 7.11 Å². The van der Waals surface area contributed by atoms with Gasteiger partial charge in [0.25, 0.3) is 5.91 Å². The van der Waals surface area contributed by atoms with Crippen LogP contribution in [0, 0.1) is 0 Å². The fourth-order valence-corrected chi connectivity index (χ4v) is 4.00. The van der Waals surface area contributed by atoms with E-state index in [1.807, 2.05) is 71.6 Å². The van der Waals surface area contributed by atoms with Crippen molar-refractivity contribution in [3.63, 3.8) is 0 Å². The Kier molecular flexibility index (Phi) is 4.67. The molecule has 30 heavy (non-hydrogen) atoms. The molecular weight excluding hydrogens is 378 g/mol. The monoisotopic (exact) mass is 399 g/mol. The number of nitrogens with zero attached hydrogens (tertiary/aromatic N) is 3. The molecule has 6 heteroatoms. The van der Waals surface area contributed by atoms with E-state index in [0.29, 0.717) is 23.8 Å². The molecular formula is C24H21N3O3. The average Bonchev–Trinajstić information content (AvgIpc) is 3.48. The summed E-state index contributed by atoms with van der Waals surface area (Å²) >= 11 is 0. The van der Waals surface area contributed by atoms with Crippen molar-refractivity contribution in [1.29, 1.82) is 0 Å². The van der Waals surface area contributed by atoms with Crippen LogP contribution in [0.3, 0.4) is 0 Å². The minimum Gasteiger partial charge on any atom is -0.497 e. The van der Waals surface area contributed by atoms with Crippen molar-refractivity contribution in [2.45, 2.75) is 18.9 Å². The fraction of sp³-hybridized carbons (Fsp3) is 0.208. The predicted molar refractivity (Wildman–Crippen MR) is 113 cm³/mol. The molecule has 1 amide bonds. The minimum atomic E-state index is -0.212. The molecule has 0 saturated carbocycles. The van der Waals surface area contributed by atoms with Crippen molar-refractivity contribution < 1.29 is 14.1 Å². The Morgan fingerprint density at radius 2 is 1.93 bits per heavy atom. The van der Waals surface area contributed by atoms with E-state index in [9.17, 15) is 4.79 Å². The molecule has 6 nitrogen and oxygen atoms in total. The molecule has 0 radical (unpaired) electrons. The molecule has 1 saturated heterocycles. The number of fused-ring (bicyclic) bond motifs is 1. The number of benzene rings is 3. The highest BCUT2D eigenvalue weighted by Gasteiger charge is 2.34. The molecule has 150 valence electrons. The lowest BCUT2D eigenvalue weighted by Crippen LogP contribution is -2.30. The van der Waals surface area contributed by atoms with Crippen molar-refractivity contribution in [2.75, 3.05) is 13.7 Å². The summed E-state index contributed by atoms with van der Waals surface area (Å²) in [5, 5.41) is 6.30.